The molecule has 2 amide bonds. The van der Waals surface area contributed by atoms with Crippen molar-refractivity contribution < 1.29 is 9.59 Å². The molecule has 0 saturated carbocycles. The summed E-state index contributed by atoms with van der Waals surface area (Å²) in [5.41, 5.74) is 5.53. The second-order valence-corrected chi connectivity index (χ2v) is 5.09. The second-order valence-electron chi connectivity index (χ2n) is 4.71. The molecule has 19 heavy (non-hydrogen) atoms. The van der Waals surface area contributed by atoms with Crippen LogP contribution in [0.25, 0.3) is 0 Å². The molecule has 1 saturated heterocycles. The Morgan fingerprint density at radius 3 is 2.68 bits per heavy atom. The van der Waals surface area contributed by atoms with Crippen molar-refractivity contribution in [1.29, 1.82) is 0 Å². The molecule has 0 radical (unpaired) electrons. The van der Waals surface area contributed by atoms with Crippen LogP contribution in [0.1, 0.15) is 30.3 Å². The molecule has 2 atom stereocenters. The summed E-state index contributed by atoms with van der Waals surface area (Å²) in [6.45, 7) is 2.28. The lowest BCUT2D eigenvalue weighted by atomic mass is 9.92. The molecule has 2 unspecified atom stereocenters. The average Bonchev–Trinajstić information content (AvgIpc) is 2.39. The molecule has 0 spiro atoms. The molecule has 102 valence electrons. The molecule has 0 bridgehead atoms. The lowest BCUT2D eigenvalue weighted by molar-refractivity contribution is -0.123. The van der Waals surface area contributed by atoms with Crippen molar-refractivity contribution in [3.05, 3.63) is 23.2 Å². The fraction of sp³-hybridized carbons (Fsp3) is 0.500. The topological polar surface area (TPSA) is 89.2 Å². The maximum Gasteiger partial charge on any atom is 0.274 e. The van der Waals surface area contributed by atoms with Gasteiger partial charge in [0, 0.05) is 12.6 Å². The first-order valence-corrected chi connectivity index (χ1v) is 6.44. The second kappa shape index (κ2) is 5.52. The van der Waals surface area contributed by atoms with Crippen molar-refractivity contribution in [2.24, 2.45) is 11.7 Å². The molecule has 2 heterocycles. The molecule has 1 fully saturated rings. The number of carbonyl (C=O) groups is 2. The minimum absolute atomic E-state index is 0.0561. The number of rotatable bonds is 2. The van der Waals surface area contributed by atoms with Crippen LogP contribution in [0.3, 0.4) is 0 Å². The zero-order chi connectivity index (χ0) is 14.0. The zero-order valence-electron chi connectivity index (χ0n) is 10.5. The molecule has 0 aliphatic carbocycles. The summed E-state index contributed by atoms with van der Waals surface area (Å²) in [7, 11) is 0. The predicted molar refractivity (Wildman–Crippen MR) is 69.5 cm³/mol. The van der Waals surface area contributed by atoms with E-state index in [9.17, 15) is 9.59 Å². The molecule has 1 aliphatic rings. The third-order valence-electron chi connectivity index (χ3n) is 3.38. The Morgan fingerprint density at radius 1 is 1.37 bits per heavy atom. The van der Waals surface area contributed by atoms with Gasteiger partial charge in [-0.05, 0) is 19.8 Å². The van der Waals surface area contributed by atoms with Crippen molar-refractivity contribution in [2.75, 3.05) is 6.54 Å². The molecule has 2 rings (SSSR count). The number of nitrogens with zero attached hydrogens (tertiary/aromatic N) is 3. The minimum Gasteiger partial charge on any atom is -0.369 e. The average molecular weight is 283 g/mol. The predicted octanol–water partition coefficient (Wildman–Crippen LogP) is 0.856. The Morgan fingerprint density at radius 2 is 2.11 bits per heavy atom. The van der Waals surface area contributed by atoms with Crippen molar-refractivity contribution >= 4 is 23.4 Å². The number of hydrogen-bond donors (Lipinski definition) is 1. The Balaban J connectivity index is 2.16. The van der Waals surface area contributed by atoms with Gasteiger partial charge in [0.05, 0.1) is 18.3 Å². The molecular formula is C12H15ClN4O2. The number of likely N-dealkylation sites (tertiary alicyclic amines) is 1. The van der Waals surface area contributed by atoms with Crippen LogP contribution in [0.4, 0.5) is 0 Å². The lowest BCUT2D eigenvalue weighted by Gasteiger charge is -2.36. The van der Waals surface area contributed by atoms with Crippen LogP contribution in [-0.2, 0) is 4.79 Å². The first-order valence-electron chi connectivity index (χ1n) is 6.07. The summed E-state index contributed by atoms with van der Waals surface area (Å²) in [5.74, 6) is -0.907. The maximum absolute atomic E-state index is 12.3. The van der Waals surface area contributed by atoms with Gasteiger partial charge in [0.2, 0.25) is 5.91 Å². The Hall–Kier alpha value is -1.69. The highest BCUT2D eigenvalue weighted by Crippen LogP contribution is 2.23. The molecule has 0 aromatic carbocycles. The number of aromatic nitrogens is 2. The van der Waals surface area contributed by atoms with E-state index in [1.54, 1.807) is 4.90 Å². The van der Waals surface area contributed by atoms with Crippen LogP contribution < -0.4 is 5.73 Å². The Labute approximate surface area is 116 Å². The quantitative estimate of drug-likeness (QED) is 0.871. The first-order chi connectivity index (χ1) is 8.99. The van der Waals surface area contributed by atoms with E-state index < -0.39 is 0 Å². The number of amides is 2. The van der Waals surface area contributed by atoms with Crippen LogP contribution in [-0.4, -0.2) is 39.3 Å². The van der Waals surface area contributed by atoms with Gasteiger partial charge in [-0.15, -0.1) is 0 Å². The molecule has 1 aromatic rings. The molecule has 1 aliphatic heterocycles. The molecule has 6 nitrogen and oxygen atoms in total. The third-order valence-corrected chi connectivity index (χ3v) is 3.58. The van der Waals surface area contributed by atoms with Crippen LogP contribution in [0.15, 0.2) is 12.4 Å². The summed E-state index contributed by atoms with van der Waals surface area (Å²) in [5, 5.41) is 0.234. The van der Waals surface area contributed by atoms with Gasteiger partial charge in [0.1, 0.15) is 10.8 Å². The minimum atomic E-state index is -0.369. The number of nitrogens with two attached hydrogens (primary N) is 1. The summed E-state index contributed by atoms with van der Waals surface area (Å²) in [6, 6.07) is 0.0561. The van der Waals surface area contributed by atoms with Gasteiger partial charge < -0.3 is 10.6 Å². The van der Waals surface area contributed by atoms with Crippen molar-refractivity contribution in [1.82, 2.24) is 14.9 Å². The van der Waals surface area contributed by atoms with Gasteiger partial charge in [-0.1, -0.05) is 11.6 Å². The van der Waals surface area contributed by atoms with Crippen LogP contribution >= 0.6 is 11.6 Å². The highest BCUT2D eigenvalue weighted by molar-refractivity contribution is 6.29. The summed E-state index contributed by atoms with van der Waals surface area (Å²) >= 11 is 5.64. The molecule has 7 heteroatoms. The van der Waals surface area contributed by atoms with Crippen molar-refractivity contribution in [3.63, 3.8) is 0 Å². The SMILES string of the molecule is CC1CCC(C(N)=O)CN1C(=O)c1cnc(Cl)cn1. The number of carbonyl (C=O) groups excluding carboxylic acids is 2. The van der Waals surface area contributed by atoms with E-state index in [-0.39, 0.29) is 34.6 Å². The van der Waals surface area contributed by atoms with Crippen molar-refractivity contribution in [2.45, 2.75) is 25.8 Å². The van der Waals surface area contributed by atoms with E-state index in [4.69, 9.17) is 17.3 Å². The summed E-state index contributed by atoms with van der Waals surface area (Å²) < 4.78 is 0. The summed E-state index contributed by atoms with van der Waals surface area (Å²) in [4.78, 5) is 33.0. The number of halogens is 1. The van der Waals surface area contributed by atoms with E-state index in [1.165, 1.54) is 12.4 Å². The molecular weight excluding hydrogens is 268 g/mol. The molecule has 2 N–H and O–H groups in total. The highest BCUT2D eigenvalue weighted by Gasteiger charge is 2.32. The maximum atomic E-state index is 12.3. The first kappa shape index (κ1) is 13.7. The monoisotopic (exact) mass is 282 g/mol. The standard InChI is InChI=1S/C12H15ClN4O2/c1-7-2-3-8(11(14)18)6-17(7)12(19)9-4-16-10(13)5-15-9/h4-5,7-8H,2-3,6H2,1H3,(H2,14,18). The van der Waals surface area contributed by atoms with Gasteiger partial charge >= 0.3 is 0 Å². The fourth-order valence-corrected chi connectivity index (χ4v) is 2.29. The van der Waals surface area contributed by atoms with Gasteiger partial charge in [-0.25, -0.2) is 9.97 Å². The van der Waals surface area contributed by atoms with E-state index >= 15 is 0 Å². The van der Waals surface area contributed by atoms with E-state index in [0.717, 1.165) is 6.42 Å². The van der Waals surface area contributed by atoms with Gasteiger partial charge in [0.25, 0.3) is 5.91 Å². The smallest absolute Gasteiger partial charge is 0.274 e. The van der Waals surface area contributed by atoms with E-state index in [1.807, 2.05) is 6.92 Å². The number of primary amides is 1. The van der Waals surface area contributed by atoms with Gasteiger partial charge in [0.15, 0.2) is 0 Å². The van der Waals surface area contributed by atoms with Crippen molar-refractivity contribution in [3.8, 4) is 0 Å². The zero-order valence-corrected chi connectivity index (χ0v) is 11.3. The fourth-order valence-electron chi connectivity index (χ4n) is 2.19. The van der Waals surface area contributed by atoms with Crippen LogP contribution in [0, 0.1) is 5.92 Å². The summed E-state index contributed by atoms with van der Waals surface area (Å²) in [6.07, 6.45) is 4.13. The Kier molecular flexibility index (Phi) is 3.99. The van der Waals surface area contributed by atoms with Crippen LogP contribution in [0.5, 0.6) is 0 Å². The van der Waals surface area contributed by atoms with E-state index in [2.05, 4.69) is 9.97 Å². The number of hydrogen-bond acceptors (Lipinski definition) is 4. The van der Waals surface area contributed by atoms with E-state index in [0.29, 0.717) is 13.0 Å². The molecule has 1 aromatic heterocycles. The van der Waals surface area contributed by atoms with Crippen LogP contribution in [0.2, 0.25) is 5.15 Å². The highest BCUT2D eigenvalue weighted by atomic mass is 35.5. The van der Waals surface area contributed by atoms with Gasteiger partial charge in [-0.3, -0.25) is 9.59 Å². The Bertz CT molecular complexity index is 491. The third kappa shape index (κ3) is 3.01. The lowest BCUT2D eigenvalue weighted by Crippen LogP contribution is -2.48. The van der Waals surface area contributed by atoms with Gasteiger partial charge in [-0.2, -0.15) is 0 Å². The normalized spacial score (nSPS) is 23.2. The largest absolute Gasteiger partial charge is 0.369 e. The number of piperidine rings is 1.